The number of nitrogens with one attached hydrogen (secondary N) is 1. The van der Waals surface area contributed by atoms with Crippen LogP contribution in [0.4, 0.5) is 0 Å². The molecule has 0 aromatic rings. The molecule has 3 atom stereocenters. The first-order valence-corrected chi connectivity index (χ1v) is 6.82. The van der Waals surface area contributed by atoms with E-state index in [1.807, 2.05) is 13.8 Å². The van der Waals surface area contributed by atoms with Gasteiger partial charge < -0.3 is 5.11 Å². The van der Waals surface area contributed by atoms with Crippen molar-refractivity contribution < 1.29 is 9.90 Å². The zero-order valence-electron chi connectivity index (χ0n) is 10.9. The van der Waals surface area contributed by atoms with E-state index in [0.717, 1.165) is 19.4 Å². The number of carboxylic acid groups (broad SMARTS) is 1. The van der Waals surface area contributed by atoms with Crippen molar-refractivity contribution in [2.75, 3.05) is 13.1 Å². The summed E-state index contributed by atoms with van der Waals surface area (Å²) >= 11 is 0. The zero-order valence-corrected chi connectivity index (χ0v) is 10.9. The third-order valence-electron chi connectivity index (χ3n) is 4.33. The van der Waals surface area contributed by atoms with Gasteiger partial charge in [-0.3, -0.25) is 15.0 Å². The molecule has 0 aromatic heterocycles. The number of rotatable bonds is 5. The Bertz CT molecular complexity index is 295. The van der Waals surface area contributed by atoms with Gasteiger partial charge in [0, 0.05) is 18.6 Å². The second-order valence-corrected chi connectivity index (χ2v) is 5.67. The van der Waals surface area contributed by atoms with E-state index in [9.17, 15) is 9.90 Å². The number of carboxylic acids is 1. The lowest BCUT2D eigenvalue weighted by atomic mass is 9.93. The molecule has 2 N–H and O–H groups in total. The predicted molar refractivity (Wildman–Crippen MR) is 67.1 cm³/mol. The molecule has 0 bridgehead atoms. The molecule has 2 aliphatic heterocycles. The number of nitrogens with zero attached hydrogens (tertiary/aromatic N) is 1. The number of aliphatic carboxylic acids is 1. The third-order valence-corrected chi connectivity index (χ3v) is 4.33. The Morgan fingerprint density at radius 1 is 1.47 bits per heavy atom. The van der Waals surface area contributed by atoms with Crippen molar-refractivity contribution in [3.8, 4) is 0 Å². The molecule has 0 radical (unpaired) electrons. The third kappa shape index (κ3) is 2.47. The van der Waals surface area contributed by atoms with Gasteiger partial charge in [0.05, 0.1) is 0 Å². The fourth-order valence-corrected chi connectivity index (χ4v) is 3.40. The predicted octanol–water partition coefficient (Wildman–Crippen LogP) is 1.46. The summed E-state index contributed by atoms with van der Waals surface area (Å²) in [4.78, 5) is 13.9. The fourth-order valence-electron chi connectivity index (χ4n) is 3.40. The summed E-state index contributed by atoms with van der Waals surface area (Å²) in [7, 11) is 0. The van der Waals surface area contributed by atoms with Gasteiger partial charge in [0.2, 0.25) is 0 Å². The topological polar surface area (TPSA) is 52.6 Å². The minimum Gasteiger partial charge on any atom is -0.480 e. The van der Waals surface area contributed by atoms with Crippen LogP contribution >= 0.6 is 0 Å². The van der Waals surface area contributed by atoms with Gasteiger partial charge in [-0.05, 0) is 39.2 Å². The van der Waals surface area contributed by atoms with E-state index in [2.05, 4.69) is 10.2 Å². The number of fused-ring (bicyclic) bond motifs is 1. The minimum atomic E-state index is -0.752. The van der Waals surface area contributed by atoms with Crippen molar-refractivity contribution in [3.63, 3.8) is 0 Å². The summed E-state index contributed by atoms with van der Waals surface area (Å²) in [5, 5.41) is 12.8. The highest BCUT2D eigenvalue weighted by Crippen LogP contribution is 2.29. The standard InChI is InChI=1S/C13H24N2O2/c1-3-7-13(2,12(16)17)14-10-6-9-15-8-4-5-11(10)15/h10-11,14H,3-9H2,1-2H3,(H,16,17). The smallest absolute Gasteiger partial charge is 0.323 e. The molecule has 2 fully saturated rings. The molecular formula is C13H24N2O2. The molecule has 0 aliphatic carbocycles. The number of hydrogen-bond donors (Lipinski definition) is 2. The second kappa shape index (κ2) is 4.94. The molecule has 3 unspecified atom stereocenters. The summed E-state index contributed by atoms with van der Waals surface area (Å²) < 4.78 is 0. The lowest BCUT2D eigenvalue weighted by Gasteiger charge is -2.32. The largest absolute Gasteiger partial charge is 0.480 e. The minimum absolute atomic E-state index is 0.366. The first kappa shape index (κ1) is 12.8. The van der Waals surface area contributed by atoms with Crippen LogP contribution in [0.1, 0.15) is 46.0 Å². The van der Waals surface area contributed by atoms with Gasteiger partial charge >= 0.3 is 5.97 Å². The second-order valence-electron chi connectivity index (χ2n) is 5.67. The lowest BCUT2D eigenvalue weighted by molar-refractivity contribution is -0.145. The molecule has 2 saturated heterocycles. The highest BCUT2D eigenvalue weighted by atomic mass is 16.4. The van der Waals surface area contributed by atoms with Gasteiger partial charge in [0.25, 0.3) is 0 Å². The molecular weight excluding hydrogens is 216 g/mol. The van der Waals surface area contributed by atoms with E-state index in [4.69, 9.17) is 0 Å². The van der Waals surface area contributed by atoms with Crippen LogP contribution in [0.2, 0.25) is 0 Å². The van der Waals surface area contributed by atoms with Gasteiger partial charge in [-0.2, -0.15) is 0 Å². The van der Waals surface area contributed by atoms with E-state index in [1.165, 1.54) is 19.4 Å². The fraction of sp³-hybridized carbons (Fsp3) is 0.923. The van der Waals surface area contributed by atoms with E-state index in [0.29, 0.717) is 18.5 Å². The molecule has 4 heteroatoms. The van der Waals surface area contributed by atoms with Crippen LogP contribution in [0.15, 0.2) is 0 Å². The molecule has 0 saturated carbocycles. The van der Waals surface area contributed by atoms with Crippen molar-refractivity contribution in [3.05, 3.63) is 0 Å². The Morgan fingerprint density at radius 3 is 2.88 bits per heavy atom. The van der Waals surface area contributed by atoms with Crippen molar-refractivity contribution in [2.24, 2.45) is 0 Å². The van der Waals surface area contributed by atoms with E-state index >= 15 is 0 Å². The molecule has 4 nitrogen and oxygen atoms in total. The van der Waals surface area contributed by atoms with E-state index in [-0.39, 0.29) is 0 Å². The SMILES string of the molecule is CCCC(C)(NC1CCN2CCCC12)C(=O)O. The summed E-state index contributed by atoms with van der Waals surface area (Å²) in [6, 6.07) is 0.940. The van der Waals surface area contributed by atoms with Crippen LogP contribution in [-0.4, -0.2) is 46.7 Å². The first-order valence-electron chi connectivity index (χ1n) is 6.82. The van der Waals surface area contributed by atoms with Crippen LogP contribution < -0.4 is 5.32 Å². The quantitative estimate of drug-likeness (QED) is 0.764. The maximum Gasteiger partial charge on any atom is 0.323 e. The Kier molecular flexibility index (Phi) is 3.73. The van der Waals surface area contributed by atoms with Gasteiger partial charge in [-0.1, -0.05) is 13.3 Å². The van der Waals surface area contributed by atoms with Gasteiger partial charge in [-0.15, -0.1) is 0 Å². The lowest BCUT2D eigenvalue weighted by Crippen LogP contribution is -2.56. The van der Waals surface area contributed by atoms with Crippen LogP contribution in [0, 0.1) is 0 Å². The van der Waals surface area contributed by atoms with Crippen molar-refractivity contribution in [2.45, 2.75) is 63.6 Å². The van der Waals surface area contributed by atoms with Crippen molar-refractivity contribution >= 4 is 5.97 Å². The summed E-state index contributed by atoms with van der Waals surface area (Å²) in [5.41, 5.74) is -0.752. The highest BCUT2D eigenvalue weighted by molar-refractivity contribution is 5.78. The molecule has 0 spiro atoms. The Hall–Kier alpha value is -0.610. The first-order chi connectivity index (χ1) is 8.07. The maximum absolute atomic E-state index is 11.4. The monoisotopic (exact) mass is 240 g/mol. The molecule has 2 heterocycles. The van der Waals surface area contributed by atoms with Crippen LogP contribution in [0.3, 0.4) is 0 Å². The molecule has 0 amide bonds. The van der Waals surface area contributed by atoms with Crippen LogP contribution in [0.25, 0.3) is 0 Å². The molecule has 98 valence electrons. The van der Waals surface area contributed by atoms with Crippen molar-refractivity contribution in [1.82, 2.24) is 10.2 Å². The van der Waals surface area contributed by atoms with E-state index in [1.54, 1.807) is 0 Å². The number of hydrogen-bond acceptors (Lipinski definition) is 3. The zero-order chi connectivity index (χ0) is 12.5. The molecule has 17 heavy (non-hydrogen) atoms. The van der Waals surface area contributed by atoms with Gasteiger partial charge in [0.15, 0.2) is 0 Å². The summed E-state index contributed by atoms with van der Waals surface area (Å²) in [5.74, 6) is -0.712. The summed E-state index contributed by atoms with van der Waals surface area (Å²) in [6.07, 6.45) is 5.18. The summed E-state index contributed by atoms with van der Waals surface area (Å²) in [6.45, 7) is 6.19. The normalized spacial score (nSPS) is 32.4. The average Bonchev–Trinajstić information content (AvgIpc) is 2.83. The van der Waals surface area contributed by atoms with Gasteiger partial charge in [-0.25, -0.2) is 0 Å². The highest BCUT2D eigenvalue weighted by Gasteiger charge is 2.42. The molecule has 2 rings (SSSR count). The molecule has 2 aliphatic rings. The van der Waals surface area contributed by atoms with Crippen LogP contribution in [-0.2, 0) is 4.79 Å². The number of carbonyl (C=O) groups is 1. The Morgan fingerprint density at radius 2 is 2.24 bits per heavy atom. The Balaban J connectivity index is 2.01. The molecule has 0 aromatic carbocycles. The average molecular weight is 240 g/mol. The van der Waals surface area contributed by atoms with Crippen molar-refractivity contribution in [1.29, 1.82) is 0 Å². The van der Waals surface area contributed by atoms with Crippen LogP contribution in [0.5, 0.6) is 0 Å². The van der Waals surface area contributed by atoms with Gasteiger partial charge in [0.1, 0.15) is 5.54 Å². The van der Waals surface area contributed by atoms with E-state index < -0.39 is 11.5 Å². The Labute approximate surface area is 103 Å². The maximum atomic E-state index is 11.4.